The molecule has 1 aromatic rings. The first-order valence-electron chi connectivity index (χ1n) is 7.65. The van der Waals surface area contributed by atoms with Crippen LogP contribution in [0.2, 0.25) is 0 Å². The number of ether oxygens (including phenoxy) is 1. The molecule has 0 N–H and O–H groups in total. The number of hydrogen-bond donors (Lipinski definition) is 0. The number of unbranched alkanes of at least 4 members (excludes halogenated alkanes) is 1. The largest absolute Gasteiger partial charge is 0.494 e. The second kappa shape index (κ2) is 8.84. The van der Waals surface area contributed by atoms with Crippen LogP contribution in [0.4, 0.5) is 5.69 Å². The maximum Gasteiger partial charge on any atom is 0.119 e. The number of nitrogens with zero attached hydrogens (tertiary/aromatic N) is 1. The maximum absolute atomic E-state index is 5.69. The van der Waals surface area contributed by atoms with Crippen molar-refractivity contribution in [1.29, 1.82) is 0 Å². The molecule has 2 nitrogen and oxygen atoms in total. The van der Waals surface area contributed by atoms with E-state index in [1.165, 1.54) is 18.5 Å². The molecule has 0 spiro atoms. The van der Waals surface area contributed by atoms with Gasteiger partial charge in [-0.1, -0.05) is 27.2 Å². The second-order valence-corrected chi connectivity index (χ2v) is 5.46. The van der Waals surface area contributed by atoms with Crippen molar-refractivity contribution in [2.24, 2.45) is 5.92 Å². The van der Waals surface area contributed by atoms with Crippen LogP contribution in [0.25, 0.3) is 0 Å². The highest BCUT2D eigenvalue weighted by molar-refractivity contribution is 5.48. The summed E-state index contributed by atoms with van der Waals surface area (Å²) >= 11 is 0. The smallest absolute Gasteiger partial charge is 0.119 e. The van der Waals surface area contributed by atoms with Gasteiger partial charge in [0.25, 0.3) is 0 Å². The van der Waals surface area contributed by atoms with E-state index in [4.69, 9.17) is 4.74 Å². The summed E-state index contributed by atoms with van der Waals surface area (Å²) in [6, 6.07) is 8.52. The molecule has 0 saturated heterocycles. The highest BCUT2D eigenvalue weighted by Crippen LogP contribution is 2.20. The molecule has 1 aromatic carbocycles. The highest BCUT2D eigenvalue weighted by Gasteiger charge is 2.05. The van der Waals surface area contributed by atoms with E-state index in [1.54, 1.807) is 0 Å². The minimum Gasteiger partial charge on any atom is -0.494 e. The molecule has 0 radical (unpaired) electrons. The maximum atomic E-state index is 5.69. The van der Waals surface area contributed by atoms with Crippen molar-refractivity contribution in [1.82, 2.24) is 0 Å². The molecule has 0 atom stereocenters. The van der Waals surface area contributed by atoms with E-state index < -0.39 is 0 Å². The molecule has 0 unspecified atom stereocenters. The molecular formula is C17H29NO. The Morgan fingerprint density at radius 2 is 1.79 bits per heavy atom. The van der Waals surface area contributed by atoms with Crippen LogP contribution < -0.4 is 9.64 Å². The van der Waals surface area contributed by atoms with Gasteiger partial charge in [-0.2, -0.15) is 0 Å². The van der Waals surface area contributed by atoms with Gasteiger partial charge in [-0.25, -0.2) is 0 Å². The summed E-state index contributed by atoms with van der Waals surface area (Å²) in [4.78, 5) is 2.43. The molecule has 0 aliphatic rings. The van der Waals surface area contributed by atoms with Crippen LogP contribution in [0.3, 0.4) is 0 Å². The van der Waals surface area contributed by atoms with Crippen molar-refractivity contribution < 1.29 is 4.74 Å². The van der Waals surface area contributed by atoms with Crippen LogP contribution in [-0.2, 0) is 0 Å². The van der Waals surface area contributed by atoms with Crippen molar-refractivity contribution in [2.45, 2.75) is 47.0 Å². The summed E-state index contributed by atoms with van der Waals surface area (Å²) in [5.74, 6) is 1.74. The van der Waals surface area contributed by atoms with Crippen molar-refractivity contribution in [3.63, 3.8) is 0 Å². The molecule has 19 heavy (non-hydrogen) atoms. The summed E-state index contributed by atoms with van der Waals surface area (Å²) in [5.41, 5.74) is 1.30. The third-order valence-corrected chi connectivity index (χ3v) is 3.33. The van der Waals surface area contributed by atoms with Crippen LogP contribution in [-0.4, -0.2) is 19.7 Å². The summed E-state index contributed by atoms with van der Waals surface area (Å²) < 4.78 is 5.69. The minimum atomic E-state index is 0.755. The van der Waals surface area contributed by atoms with Gasteiger partial charge >= 0.3 is 0 Å². The van der Waals surface area contributed by atoms with Gasteiger partial charge in [0.1, 0.15) is 5.75 Å². The van der Waals surface area contributed by atoms with Crippen LogP contribution in [0.15, 0.2) is 24.3 Å². The molecule has 2 heteroatoms. The number of hydrogen-bond acceptors (Lipinski definition) is 2. The Kier molecular flexibility index (Phi) is 7.39. The van der Waals surface area contributed by atoms with E-state index >= 15 is 0 Å². The Morgan fingerprint density at radius 1 is 1.11 bits per heavy atom. The lowest BCUT2D eigenvalue weighted by molar-refractivity contribution is 0.309. The van der Waals surface area contributed by atoms with E-state index in [9.17, 15) is 0 Å². The fourth-order valence-electron chi connectivity index (χ4n) is 1.97. The lowest BCUT2D eigenvalue weighted by Gasteiger charge is -2.24. The van der Waals surface area contributed by atoms with Crippen molar-refractivity contribution in [3.05, 3.63) is 24.3 Å². The number of rotatable bonds is 9. The predicted molar refractivity (Wildman–Crippen MR) is 84.2 cm³/mol. The quantitative estimate of drug-likeness (QED) is 0.597. The Morgan fingerprint density at radius 3 is 2.32 bits per heavy atom. The van der Waals surface area contributed by atoms with Crippen LogP contribution in [0.5, 0.6) is 5.75 Å². The monoisotopic (exact) mass is 263 g/mol. The molecule has 0 bridgehead atoms. The number of anilines is 1. The summed E-state index contributed by atoms with van der Waals surface area (Å²) in [6.45, 7) is 12.0. The zero-order valence-corrected chi connectivity index (χ0v) is 13.0. The van der Waals surface area contributed by atoms with Gasteiger partial charge in [0.2, 0.25) is 0 Å². The van der Waals surface area contributed by atoms with Crippen LogP contribution >= 0.6 is 0 Å². The molecule has 0 aliphatic carbocycles. The molecule has 1 rings (SSSR count). The van der Waals surface area contributed by atoms with E-state index in [0.717, 1.165) is 37.8 Å². The topological polar surface area (TPSA) is 12.5 Å². The zero-order chi connectivity index (χ0) is 14.1. The third-order valence-electron chi connectivity index (χ3n) is 3.33. The average molecular weight is 263 g/mol. The van der Waals surface area contributed by atoms with Crippen LogP contribution in [0, 0.1) is 5.92 Å². The Balaban J connectivity index is 2.52. The first-order chi connectivity index (χ1) is 9.17. The molecular weight excluding hydrogens is 234 g/mol. The van der Waals surface area contributed by atoms with Crippen molar-refractivity contribution in [3.8, 4) is 5.75 Å². The van der Waals surface area contributed by atoms with Crippen LogP contribution in [0.1, 0.15) is 47.0 Å². The van der Waals surface area contributed by atoms with E-state index in [-0.39, 0.29) is 0 Å². The average Bonchev–Trinajstić information content (AvgIpc) is 2.41. The van der Waals surface area contributed by atoms with Gasteiger partial charge in [0.15, 0.2) is 0 Å². The van der Waals surface area contributed by atoms with Gasteiger partial charge < -0.3 is 9.64 Å². The molecule has 0 amide bonds. The zero-order valence-electron chi connectivity index (χ0n) is 13.0. The summed E-state index contributed by atoms with van der Waals surface area (Å²) in [7, 11) is 0. The Hall–Kier alpha value is -1.18. The molecule has 0 aliphatic heterocycles. The summed E-state index contributed by atoms with van der Waals surface area (Å²) in [6.07, 6.45) is 3.54. The predicted octanol–water partition coefficient (Wildman–Crippen LogP) is 4.74. The third kappa shape index (κ3) is 6.00. The Bertz CT molecular complexity index is 332. The summed E-state index contributed by atoms with van der Waals surface area (Å²) in [5, 5.41) is 0. The van der Waals surface area contributed by atoms with Gasteiger partial charge in [-0.15, -0.1) is 0 Å². The molecule has 0 fully saturated rings. The fraction of sp³-hybridized carbons (Fsp3) is 0.647. The molecule has 0 aromatic heterocycles. The van der Waals surface area contributed by atoms with Crippen molar-refractivity contribution in [2.75, 3.05) is 24.6 Å². The van der Waals surface area contributed by atoms with Gasteiger partial charge in [-0.05, 0) is 49.9 Å². The second-order valence-electron chi connectivity index (χ2n) is 5.46. The first kappa shape index (κ1) is 15.9. The first-order valence-corrected chi connectivity index (χ1v) is 7.65. The van der Waals surface area contributed by atoms with E-state index in [2.05, 4.69) is 56.9 Å². The van der Waals surface area contributed by atoms with Gasteiger partial charge in [0.05, 0.1) is 6.61 Å². The standard InChI is InChI=1S/C17H29NO/c1-5-7-14-19-17-10-8-16(9-11-17)18(6-2)13-12-15(3)4/h8-11,15H,5-7,12-14H2,1-4H3. The highest BCUT2D eigenvalue weighted by atomic mass is 16.5. The SMILES string of the molecule is CCCCOc1ccc(N(CC)CCC(C)C)cc1. The number of benzene rings is 1. The van der Waals surface area contributed by atoms with Crippen molar-refractivity contribution >= 4 is 5.69 Å². The van der Waals surface area contributed by atoms with Gasteiger partial charge in [-0.3, -0.25) is 0 Å². The van der Waals surface area contributed by atoms with E-state index in [0.29, 0.717) is 0 Å². The lowest BCUT2D eigenvalue weighted by atomic mass is 10.1. The van der Waals surface area contributed by atoms with Gasteiger partial charge in [0, 0.05) is 18.8 Å². The fourth-order valence-corrected chi connectivity index (χ4v) is 1.97. The minimum absolute atomic E-state index is 0.755. The lowest BCUT2D eigenvalue weighted by Crippen LogP contribution is -2.24. The van der Waals surface area contributed by atoms with E-state index in [1.807, 2.05) is 0 Å². The Labute approximate surface area is 118 Å². The molecule has 0 saturated carbocycles. The molecule has 108 valence electrons. The normalized spacial score (nSPS) is 10.8. The molecule has 0 heterocycles.